The molecular formula is C11H16ClN3O4S. The van der Waals surface area contributed by atoms with E-state index in [1.54, 1.807) is 0 Å². The molecule has 1 atom stereocenters. The average molecular weight is 322 g/mol. The van der Waals surface area contributed by atoms with E-state index in [2.05, 4.69) is 0 Å². The highest BCUT2D eigenvalue weighted by Gasteiger charge is 2.34. The number of non-ortho nitro benzene ring substituents is 1. The summed E-state index contributed by atoms with van der Waals surface area (Å²) in [6, 6.07) is 4.88. The Labute approximate surface area is 123 Å². The second-order valence-electron chi connectivity index (χ2n) is 4.40. The maximum atomic E-state index is 12.4. The second kappa shape index (κ2) is 6.49. The largest absolute Gasteiger partial charge is 0.329 e. The van der Waals surface area contributed by atoms with Gasteiger partial charge in [0.15, 0.2) is 0 Å². The summed E-state index contributed by atoms with van der Waals surface area (Å²) >= 11 is 0. The van der Waals surface area contributed by atoms with Gasteiger partial charge in [-0.25, -0.2) is 8.42 Å². The molecule has 2 N–H and O–H groups in total. The Morgan fingerprint density at radius 1 is 1.45 bits per heavy atom. The number of nitrogens with two attached hydrogens (primary N) is 1. The van der Waals surface area contributed by atoms with Gasteiger partial charge in [-0.3, -0.25) is 10.1 Å². The zero-order valence-corrected chi connectivity index (χ0v) is 12.3. The molecule has 9 heteroatoms. The van der Waals surface area contributed by atoms with Gasteiger partial charge in [-0.2, -0.15) is 4.31 Å². The van der Waals surface area contributed by atoms with E-state index in [1.165, 1.54) is 22.5 Å². The van der Waals surface area contributed by atoms with Gasteiger partial charge in [0.2, 0.25) is 10.0 Å². The predicted molar refractivity (Wildman–Crippen MR) is 76.3 cm³/mol. The molecule has 1 aromatic carbocycles. The molecule has 0 spiro atoms. The van der Waals surface area contributed by atoms with Crippen molar-refractivity contribution < 1.29 is 13.3 Å². The lowest BCUT2D eigenvalue weighted by atomic mass is 10.2. The van der Waals surface area contributed by atoms with E-state index >= 15 is 0 Å². The van der Waals surface area contributed by atoms with Crippen molar-refractivity contribution in [1.29, 1.82) is 0 Å². The van der Waals surface area contributed by atoms with Gasteiger partial charge < -0.3 is 5.73 Å². The molecule has 0 bridgehead atoms. The number of nitro benzene ring substituents is 1. The fourth-order valence-electron chi connectivity index (χ4n) is 2.25. The molecule has 0 amide bonds. The Kier molecular flexibility index (Phi) is 5.46. The van der Waals surface area contributed by atoms with E-state index < -0.39 is 14.9 Å². The lowest BCUT2D eigenvalue weighted by molar-refractivity contribution is -0.385. The maximum absolute atomic E-state index is 12.4. The van der Waals surface area contributed by atoms with Crippen molar-refractivity contribution in [3.63, 3.8) is 0 Å². The molecule has 112 valence electrons. The van der Waals surface area contributed by atoms with Crippen LogP contribution in [0, 0.1) is 10.1 Å². The third-order valence-electron chi connectivity index (χ3n) is 3.23. The van der Waals surface area contributed by atoms with Gasteiger partial charge in [0.25, 0.3) is 5.69 Å². The lowest BCUT2D eigenvalue weighted by Gasteiger charge is -2.22. The molecule has 1 fully saturated rings. The number of rotatable bonds is 4. The number of nitro groups is 1. The number of sulfonamides is 1. The van der Waals surface area contributed by atoms with Crippen LogP contribution in [0.4, 0.5) is 5.69 Å². The minimum absolute atomic E-state index is 0. The summed E-state index contributed by atoms with van der Waals surface area (Å²) in [5, 5.41) is 10.7. The van der Waals surface area contributed by atoms with Crippen LogP contribution in [0.25, 0.3) is 0 Å². The van der Waals surface area contributed by atoms with Crippen LogP contribution in [0.2, 0.25) is 0 Å². The van der Waals surface area contributed by atoms with Gasteiger partial charge in [0, 0.05) is 31.3 Å². The highest BCUT2D eigenvalue weighted by Crippen LogP contribution is 2.27. The number of nitrogens with zero attached hydrogens (tertiary/aromatic N) is 2. The third kappa shape index (κ3) is 3.09. The minimum atomic E-state index is -3.71. The minimum Gasteiger partial charge on any atom is -0.329 e. The molecule has 0 aliphatic carbocycles. The molecule has 1 aliphatic rings. The molecule has 0 saturated carbocycles. The molecular weight excluding hydrogens is 306 g/mol. The topological polar surface area (TPSA) is 107 Å². The van der Waals surface area contributed by atoms with Crippen LogP contribution in [0.5, 0.6) is 0 Å². The first-order valence-corrected chi connectivity index (χ1v) is 7.37. The summed E-state index contributed by atoms with van der Waals surface area (Å²) in [6.07, 6.45) is 1.49. The Balaban J connectivity index is 0.00000200. The van der Waals surface area contributed by atoms with Crippen molar-refractivity contribution in [2.45, 2.75) is 23.8 Å². The first-order valence-electron chi connectivity index (χ1n) is 5.93. The molecule has 0 radical (unpaired) electrons. The van der Waals surface area contributed by atoms with Crippen molar-refractivity contribution in [3.8, 4) is 0 Å². The van der Waals surface area contributed by atoms with Crippen molar-refractivity contribution in [3.05, 3.63) is 34.4 Å². The Bertz CT molecular complexity index is 593. The number of hydrogen-bond donors (Lipinski definition) is 1. The first-order chi connectivity index (χ1) is 8.96. The van der Waals surface area contributed by atoms with Crippen LogP contribution in [-0.4, -0.2) is 36.8 Å². The van der Waals surface area contributed by atoms with E-state index in [-0.39, 0.29) is 35.6 Å². The fourth-order valence-corrected chi connectivity index (χ4v) is 4.00. The van der Waals surface area contributed by atoms with E-state index in [4.69, 9.17) is 5.73 Å². The van der Waals surface area contributed by atoms with Crippen molar-refractivity contribution in [2.75, 3.05) is 13.1 Å². The highest BCUT2D eigenvalue weighted by molar-refractivity contribution is 7.89. The van der Waals surface area contributed by atoms with Crippen LogP contribution >= 0.6 is 12.4 Å². The van der Waals surface area contributed by atoms with Crippen LogP contribution in [0.15, 0.2) is 29.2 Å². The monoisotopic (exact) mass is 321 g/mol. The normalized spacial score (nSPS) is 19.6. The van der Waals surface area contributed by atoms with Crippen LogP contribution in [-0.2, 0) is 10.0 Å². The summed E-state index contributed by atoms with van der Waals surface area (Å²) in [7, 11) is -3.71. The summed E-state index contributed by atoms with van der Waals surface area (Å²) in [5.74, 6) is 0. The van der Waals surface area contributed by atoms with Gasteiger partial charge in [-0.05, 0) is 18.9 Å². The smallest absolute Gasteiger partial charge is 0.270 e. The van der Waals surface area contributed by atoms with Crippen LogP contribution in [0.1, 0.15) is 12.8 Å². The summed E-state index contributed by atoms with van der Waals surface area (Å²) in [5.41, 5.74) is 5.33. The molecule has 1 unspecified atom stereocenters. The van der Waals surface area contributed by atoms with E-state index in [9.17, 15) is 18.5 Å². The van der Waals surface area contributed by atoms with E-state index in [1.807, 2.05) is 0 Å². The van der Waals surface area contributed by atoms with Gasteiger partial charge in [-0.15, -0.1) is 12.4 Å². The number of benzene rings is 1. The third-order valence-corrected chi connectivity index (χ3v) is 5.18. The zero-order valence-electron chi connectivity index (χ0n) is 10.6. The Morgan fingerprint density at radius 2 is 2.15 bits per heavy atom. The van der Waals surface area contributed by atoms with Gasteiger partial charge in [0.1, 0.15) is 0 Å². The lowest BCUT2D eigenvalue weighted by Crippen LogP contribution is -2.39. The first kappa shape index (κ1) is 16.8. The quantitative estimate of drug-likeness (QED) is 0.660. The van der Waals surface area contributed by atoms with Gasteiger partial charge in [-0.1, -0.05) is 6.07 Å². The van der Waals surface area contributed by atoms with Crippen LogP contribution in [0.3, 0.4) is 0 Å². The average Bonchev–Trinajstić information content (AvgIpc) is 2.88. The summed E-state index contributed by atoms with van der Waals surface area (Å²) in [4.78, 5) is 10.0. The molecule has 1 aromatic rings. The molecule has 20 heavy (non-hydrogen) atoms. The fraction of sp³-hybridized carbons (Fsp3) is 0.455. The number of hydrogen-bond acceptors (Lipinski definition) is 5. The van der Waals surface area contributed by atoms with E-state index in [0.29, 0.717) is 6.54 Å². The van der Waals surface area contributed by atoms with Crippen molar-refractivity contribution >= 4 is 28.1 Å². The molecule has 1 heterocycles. The second-order valence-corrected chi connectivity index (χ2v) is 6.29. The predicted octanol–water partition coefficient (Wildman–Crippen LogP) is 1.13. The van der Waals surface area contributed by atoms with Gasteiger partial charge >= 0.3 is 0 Å². The molecule has 1 aliphatic heterocycles. The molecule has 0 aromatic heterocycles. The van der Waals surface area contributed by atoms with Crippen molar-refractivity contribution in [1.82, 2.24) is 4.31 Å². The Morgan fingerprint density at radius 3 is 2.75 bits per heavy atom. The highest BCUT2D eigenvalue weighted by atomic mass is 35.5. The van der Waals surface area contributed by atoms with E-state index in [0.717, 1.165) is 18.9 Å². The molecule has 1 saturated heterocycles. The summed E-state index contributed by atoms with van der Waals surface area (Å²) < 4.78 is 26.2. The van der Waals surface area contributed by atoms with Gasteiger partial charge in [0.05, 0.1) is 9.82 Å². The summed E-state index contributed by atoms with van der Waals surface area (Å²) in [6.45, 7) is 0.668. The van der Waals surface area contributed by atoms with Crippen LogP contribution < -0.4 is 5.73 Å². The zero-order chi connectivity index (χ0) is 14.0. The standard InChI is InChI=1S/C11H15N3O4S.ClH/c12-8-10-4-2-6-13(10)19(17,18)11-5-1-3-9(7-11)14(15)16;/h1,3,5,7,10H,2,4,6,8,12H2;1H. The molecule has 2 rings (SSSR count). The molecule has 7 nitrogen and oxygen atoms in total. The Hall–Kier alpha value is -1.22. The SMILES string of the molecule is Cl.NCC1CCCN1S(=O)(=O)c1cccc([N+](=O)[O-])c1. The number of halogens is 1. The van der Waals surface area contributed by atoms with Crippen molar-refractivity contribution in [2.24, 2.45) is 5.73 Å². The maximum Gasteiger partial charge on any atom is 0.270 e.